The molecule has 1 N–H and O–H groups in total. The van der Waals surface area contributed by atoms with Crippen molar-refractivity contribution in [2.75, 3.05) is 11.9 Å². The van der Waals surface area contributed by atoms with Crippen LogP contribution in [0.5, 0.6) is 5.75 Å². The average Bonchev–Trinajstić information content (AvgIpc) is 3.15. The molecule has 3 aromatic carbocycles. The van der Waals surface area contributed by atoms with Gasteiger partial charge in [0, 0.05) is 46.3 Å². The highest BCUT2D eigenvalue weighted by atomic mass is 16.6. The SMILES string of the molecule is CCn1c2ccccc2c2cc(NC(=O)COc3ccc([N+](=O)[O-])c4cccnc34)ccc21. The van der Waals surface area contributed by atoms with E-state index >= 15 is 0 Å². The van der Waals surface area contributed by atoms with Gasteiger partial charge in [-0.1, -0.05) is 18.2 Å². The number of nitrogens with zero attached hydrogens (tertiary/aromatic N) is 3. The number of aryl methyl sites for hydroxylation is 1. The summed E-state index contributed by atoms with van der Waals surface area (Å²) < 4.78 is 7.91. The Hall–Kier alpha value is -4.46. The number of fused-ring (bicyclic) bond motifs is 4. The van der Waals surface area contributed by atoms with Gasteiger partial charge in [0.15, 0.2) is 6.61 Å². The van der Waals surface area contributed by atoms with Crippen LogP contribution in [0.1, 0.15) is 6.92 Å². The molecule has 0 fully saturated rings. The number of rotatable bonds is 6. The van der Waals surface area contributed by atoms with Gasteiger partial charge in [0.2, 0.25) is 0 Å². The molecule has 0 unspecified atom stereocenters. The van der Waals surface area contributed by atoms with E-state index < -0.39 is 4.92 Å². The number of hydrogen-bond acceptors (Lipinski definition) is 5. The molecule has 0 saturated carbocycles. The first-order valence-corrected chi connectivity index (χ1v) is 10.5. The molecule has 8 nitrogen and oxygen atoms in total. The molecule has 2 aromatic heterocycles. The first-order chi connectivity index (χ1) is 16.1. The van der Waals surface area contributed by atoms with Crippen LogP contribution in [0.15, 0.2) is 72.9 Å². The number of amides is 1. The van der Waals surface area contributed by atoms with Crippen LogP contribution in [0.4, 0.5) is 11.4 Å². The summed E-state index contributed by atoms with van der Waals surface area (Å²) in [6.45, 7) is 2.70. The minimum Gasteiger partial charge on any atom is -0.481 e. The molecule has 164 valence electrons. The summed E-state index contributed by atoms with van der Waals surface area (Å²) in [5.41, 5.74) is 3.21. The maximum absolute atomic E-state index is 12.6. The van der Waals surface area contributed by atoms with Crippen molar-refractivity contribution in [3.8, 4) is 5.75 Å². The van der Waals surface area contributed by atoms with E-state index in [4.69, 9.17) is 4.74 Å². The number of ether oxygens (including phenoxy) is 1. The molecule has 0 radical (unpaired) electrons. The van der Waals surface area contributed by atoms with Crippen LogP contribution in [0.2, 0.25) is 0 Å². The molecule has 8 heteroatoms. The Morgan fingerprint density at radius 2 is 1.82 bits per heavy atom. The standard InChI is InChI=1S/C25H20N4O4/c1-2-28-20-8-4-3-6-17(20)19-14-16(9-10-21(19)28)27-24(30)15-33-23-12-11-22(29(31)32)18-7-5-13-26-25(18)23/h3-14H,2,15H2,1H3,(H,27,30). The Balaban J connectivity index is 1.37. The van der Waals surface area contributed by atoms with Gasteiger partial charge in [-0.15, -0.1) is 0 Å². The van der Waals surface area contributed by atoms with Crippen molar-refractivity contribution in [1.82, 2.24) is 9.55 Å². The molecule has 0 saturated heterocycles. The summed E-state index contributed by atoms with van der Waals surface area (Å²) >= 11 is 0. The van der Waals surface area contributed by atoms with Gasteiger partial charge >= 0.3 is 0 Å². The molecule has 2 heterocycles. The summed E-state index contributed by atoms with van der Waals surface area (Å²) in [5.74, 6) is -0.0242. The summed E-state index contributed by atoms with van der Waals surface area (Å²) in [4.78, 5) is 27.6. The van der Waals surface area contributed by atoms with Crippen molar-refractivity contribution < 1.29 is 14.5 Å². The van der Waals surface area contributed by atoms with E-state index in [9.17, 15) is 14.9 Å². The van der Waals surface area contributed by atoms with Crippen molar-refractivity contribution in [3.63, 3.8) is 0 Å². The predicted octanol–water partition coefficient (Wildman–Crippen LogP) is 5.29. The minimum absolute atomic E-state index is 0.0607. The number of hydrogen-bond donors (Lipinski definition) is 1. The molecule has 33 heavy (non-hydrogen) atoms. The fourth-order valence-electron chi connectivity index (χ4n) is 4.22. The second-order valence-corrected chi connectivity index (χ2v) is 7.57. The highest BCUT2D eigenvalue weighted by molar-refractivity contribution is 6.09. The van der Waals surface area contributed by atoms with E-state index in [0.29, 0.717) is 22.3 Å². The van der Waals surface area contributed by atoms with Gasteiger partial charge in [-0.2, -0.15) is 0 Å². The van der Waals surface area contributed by atoms with Crippen molar-refractivity contribution in [2.45, 2.75) is 13.5 Å². The number of benzene rings is 3. The van der Waals surface area contributed by atoms with Crippen LogP contribution in [0, 0.1) is 10.1 Å². The third-order valence-corrected chi connectivity index (χ3v) is 5.64. The number of aromatic nitrogens is 2. The van der Waals surface area contributed by atoms with Crippen molar-refractivity contribution in [2.24, 2.45) is 0 Å². The topological polar surface area (TPSA) is 99.3 Å². The van der Waals surface area contributed by atoms with Crippen LogP contribution in [0.3, 0.4) is 0 Å². The summed E-state index contributed by atoms with van der Waals surface area (Å²) in [6.07, 6.45) is 1.53. The molecule has 5 rings (SSSR count). The molecule has 0 bridgehead atoms. The number of nitrogens with one attached hydrogen (secondary N) is 1. The van der Waals surface area contributed by atoms with Crippen LogP contribution in [0.25, 0.3) is 32.7 Å². The molecule has 0 atom stereocenters. The number of carbonyl (C=O) groups excluding carboxylic acids is 1. The predicted molar refractivity (Wildman–Crippen MR) is 128 cm³/mol. The third kappa shape index (κ3) is 3.61. The fraction of sp³-hybridized carbons (Fsp3) is 0.120. The minimum atomic E-state index is -0.466. The lowest BCUT2D eigenvalue weighted by Crippen LogP contribution is -2.20. The molecule has 5 aromatic rings. The number of anilines is 1. The molecular weight excluding hydrogens is 420 g/mol. The summed E-state index contributed by atoms with van der Waals surface area (Å²) in [5, 5.41) is 16.7. The molecule has 0 aliphatic heterocycles. The molecule has 0 spiro atoms. The van der Waals surface area contributed by atoms with Gasteiger partial charge in [0.25, 0.3) is 11.6 Å². The Morgan fingerprint density at radius 1 is 1.03 bits per heavy atom. The lowest BCUT2D eigenvalue weighted by molar-refractivity contribution is -0.383. The van der Waals surface area contributed by atoms with E-state index in [2.05, 4.69) is 33.9 Å². The number of pyridine rings is 1. The zero-order valence-corrected chi connectivity index (χ0v) is 17.8. The monoisotopic (exact) mass is 440 g/mol. The zero-order valence-electron chi connectivity index (χ0n) is 17.8. The average molecular weight is 440 g/mol. The second-order valence-electron chi connectivity index (χ2n) is 7.57. The van der Waals surface area contributed by atoms with E-state index in [1.165, 1.54) is 18.3 Å². The lowest BCUT2D eigenvalue weighted by Gasteiger charge is -2.10. The molecule has 0 aliphatic carbocycles. The van der Waals surface area contributed by atoms with Crippen molar-refractivity contribution in [3.05, 3.63) is 83.0 Å². The van der Waals surface area contributed by atoms with Gasteiger partial charge in [0.1, 0.15) is 11.3 Å². The maximum Gasteiger partial charge on any atom is 0.279 e. The number of nitro benzene ring substituents is 1. The molecule has 0 aliphatic rings. The number of carbonyl (C=O) groups is 1. The van der Waals surface area contributed by atoms with E-state index in [-0.39, 0.29) is 18.2 Å². The van der Waals surface area contributed by atoms with Gasteiger partial charge in [-0.05, 0) is 49.4 Å². The third-order valence-electron chi connectivity index (χ3n) is 5.64. The summed E-state index contributed by atoms with van der Waals surface area (Å²) in [6, 6.07) is 20.1. The van der Waals surface area contributed by atoms with E-state index in [1.807, 2.05) is 30.3 Å². The van der Waals surface area contributed by atoms with Gasteiger partial charge in [0.05, 0.1) is 10.3 Å². The van der Waals surface area contributed by atoms with E-state index in [1.54, 1.807) is 12.1 Å². The van der Waals surface area contributed by atoms with Crippen LogP contribution < -0.4 is 10.1 Å². The highest BCUT2D eigenvalue weighted by Gasteiger charge is 2.17. The van der Waals surface area contributed by atoms with Gasteiger partial charge < -0.3 is 14.6 Å². The van der Waals surface area contributed by atoms with Crippen LogP contribution >= 0.6 is 0 Å². The maximum atomic E-state index is 12.6. The number of nitro groups is 1. The highest BCUT2D eigenvalue weighted by Crippen LogP contribution is 2.32. The lowest BCUT2D eigenvalue weighted by atomic mass is 10.1. The molecular formula is C25H20N4O4. The van der Waals surface area contributed by atoms with Gasteiger partial charge in [-0.3, -0.25) is 19.9 Å². The Morgan fingerprint density at radius 3 is 2.64 bits per heavy atom. The normalized spacial score (nSPS) is 11.2. The summed E-state index contributed by atoms with van der Waals surface area (Å²) in [7, 11) is 0. The van der Waals surface area contributed by atoms with Crippen LogP contribution in [-0.2, 0) is 11.3 Å². The quantitative estimate of drug-likeness (QED) is 0.286. The first kappa shape index (κ1) is 20.4. The number of non-ortho nitro benzene ring substituents is 1. The van der Waals surface area contributed by atoms with Crippen LogP contribution in [-0.4, -0.2) is 27.0 Å². The largest absolute Gasteiger partial charge is 0.481 e. The van der Waals surface area contributed by atoms with Crippen molar-refractivity contribution in [1.29, 1.82) is 0 Å². The number of para-hydroxylation sites is 1. The fourth-order valence-corrected chi connectivity index (χ4v) is 4.22. The van der Waals surface area contributed by atoms with Crippen molar-refractivity contribution >= 4 is 50.0 Å². The van der Waals surface area contributed by atoms with Gasteiger partial charge in [-0.25, -0.2) is 0 Å². The Kier molecular flexibility index (Phi) is 5.10. The molecule has 1 amide bonds. The van der Waals surface area contributed by atoms with E-state index in [0.717, 1.165) is 28.4 Å². The Labute approximate surface area is 188 Å². The first-order valence-electron chi connectivity index (χ1n) is 10.5. The zero-order chi connectivity index (χ0) is 22.9. The second kappa shape index (κ2) is 8.23. The Bertz CT molecular complexity index is 1540. The smallest absolute Gasteiger partial charge is 0.279 e.